The molecule has 2 aliphatic heterocycles. The van der Waals surface area contributed by atoms with Crippen LogP contribution in [0.5, 0.6) is 0 Å². The van der Waals surface area contributed by atoms with Crippen molar-refractivity contribution in [3.8, 4) is 0 Å². The van der Waals surface area contributed by atoms with Gasteiger partial charge in [0.25, 0.3) is 5.91 Å². The van der Waals surface area contributed by atoms with E-state index in [0.717, 1.165) is 24.9 Å². The fraction of sp³-hybridized carbons (Fsp3) is 0.433. The van der Waals surface area contributed by atoms with Crippen LogP contribution in [-0.4, -0.2) is 66.1 Å². The zero-order valence-electron chi connectivity index (χ0n) is 22.6. The fourth-order valence-corrected chi connectivity index (χ4v) is 5.31. The molecule has 0 aliphatic carbocycles. The van der Waals surface area contributed by atoms with Crippen LogP contribution in [0.4, 0.5) is 11.4 Å². The summed E-state index contributed by atoms with van der Waals surface area (Å²) in [6.45, 7) is 3.72. The normalized spacial score (nSPS) is 21.6. The van der Waals surface area contributed by atoms with Crippen LogP contribution >= 0.6 is 0 Å². The first kappa shape index (κ1) is 28.5. The number of likely N-dealkylation sites (N-methyl/N-ethyl adjacent to an activating group) is 1. The molecule has 1 saturated heterocycles. The first-order chi connectivity index (χ1) is 18.8. The molecule has 1 fully saturated rings. The van der Waals surface area contributed by atoms with Crippen molar-refractivity contribution in [3.05, 3.63) is 71.8 Å². The lowest BCUT2D eigenvalue weighted by molar-refractivity contribution is -0.139. The summed E-state index contributed by atoms with van der Waals surface area (Å²) in [5, 5.41) is 27.3. The number of anilines is 2. The Balaban J connectivity index is 1.47. The van der Waals surface area contributed by atoms with E-state index in [1.807, 2.05) is 30.3 Å². The van der Waals surface area contributed by atoms with Gasteiger partial charge in [-0.05, 0) is 43.1 Å². The van der Waals surface area contributed by atoms with Crippen molar-refractivity contribution in [2.45, 2.75) is 38.3 Å². The maximum absolute atomic E-state index is 13.2. The lowest BCUT2D eigenvalue weighted by Gasteiger charge is -2.27. The van der Waals surface area contributed by atoms with Gasteiger partial charge >= 0.3 is 0 Å². The van der Waals surface area contributed by atoms with Crippen molar-refractivity contribution in [2.75, 3.05) is 43.5 Å². The summed E-state index contributed by atoms with van der Waals surface area (Å²) in [5.74, 6) is -1.48. The average molecular weight is 535 g/mol. The van der Waals surface area contributed by atoms with E-state index in [1.165, 1.54) is 4.90 Å². The van der Waals surface area contributed by atoms with Gasteiger partial charge in [-0.15, -0.1) is 0 Å². The number of nitrogens with one attached hydrogen (secondary N) is 2. The van der Waals surface area contributed by atoms with Gasteiger partial charge in [-0.2, -0.15) is 0 Å². The van der Waals surface area contributed by atoms with Crippen molar-refractivity contribution in [2.24, 2.45) is 11.8 Å². The molecule has 2 heterocycles. The van der Waals surface area contributed by atoms with Crippen LogP contribution < -0.4 is 15.5 Å². The zero-order valence-corrected chi connectivity index (χ0v) is 22.6. The highest BCUT2D eigenvalue weighted by Gasteiger charge is 2.51. The zero-order chi connectivity index (χ0) is 28.0. The number of hydrogen-bond acceptors (Lipinski definition) is 6. The third-order valence-corrected chi connectivity index (χ3v) is 7.65. The van der Waals surface area contributed by atoms with E-state index < -0.39 is 17.4 Å². The van der Waals surface area contributed by atoms with Crippen molar-refractivity contribution in [1.29, 1.82) is 0 Å². The van der Waals surface area contributed by atoms with E-state index in [1.54, 1.807) is 49.2 Å². The van der Waals surface area contributed by atoms with Crippen molar-refractivity contribution < 1.29 is 24.6 Å². The molecule has 208 valence electrons. The Morgan fingerprint density at radius 3 is 2.72 bits per heavy atom. The number of fused-ring (bicyclic) bond motifs is 1. The molecule has 2 aromatic carbocycles. The second-order valence-electron chi connectivity index (χ2n) is 10.3. The van der Waals surface area contributed by atoms with Crippen LogP contribution in [0.2, 0.25) is 0 Å². The van der Waals surface area contributed by atoms with Gasteiger partial charge in [-0.3, -0.25) is 14.4 Å². The molecular formula is C30H38N4O5. The first-order valence-corrected chi connectivity index (χ1v) is 13.5. The smallest absolute Gasteiger partial charge is 0.264 e. The minimum atomic E-state index is -1.84. The maximum atomic E-state index is 13.2. The Morgan fingerprint density at radius 1 is 1.26 bits per heavy atom. The lowest BCUT2D eigenvalue weighted by Crippen LogP contribution is -2.43. The van der Waals surface area contributed by atoms with Gasteiger partial charge in [0.1, 0.15) is 0 Å². The maximum Gasteiger partial charge on any atom is 0.264 e. The number of nitrogens with zero attached hydrogens (tertiary/aromatic N) is 2. The van der Waals surface area contributed by atoms with E-state index in [4.69, 9.17) is 0 Å². The molecule has 3 atom stereocenters. The minimum Gasteiger partial charge on any atom is -0.395 e. The summed E-state index contributed by atoms with van der Waals surface area (Å²) in [7, 11) is 1.61. The largest absolute Gasteiger partial charge is 0.395 e. The van der Waals surface area contributed by atoms with Crippen molar-refractivity contribution >= 4 is 29.1 Å². The number of piperidine rings is 1. The van der Waals surface area contributed by atoms with Gasteiger partial charge < -0.3 is 30.6 Å². The van der Waals surface area contributed by atoms with Crippen LogP contribution in [0.1, 0.15) is 37.3 Å². The van der Waals surface area contributed by atoms with E-state index in [-0.39, 0.29) is 37.3 Å². The van der Waals surface area contributed by atoms with Crippen molar-refractivity contribution in [1.82, 2.24) is 10.2 Å². The summed E-state index contributed by atoms with van der Waals surface area (Å²) in [5.41, 5.74) is 0.644. The number of amides is 3. The highest BCUT2D eigenvalue weighted by molar-refractivity contribution is 6.07. The van der Waals surface area contributed by atoms with E-state index in [2.05, 4.69) is 10.6 Å². The summed E-state index contributed by atoms with van der Waals surface area (Å²) < 4.78 is 0. The second kappa shape index (κ2) is 12.5. The second-order valence-corrected chi connectivity index (χ2v) is 10.3. The molecule has 4 N–H and O–H groups in total. The van der Waals surface area contributed by atoms with Gasteiger partial charge in [-0.1, -0.05) is 49.4 Å². The van der Waals surface area contributed by atoms with Crippen LogP contribution in [0.25, 0.3) is 0 Å². The predicted molar refractivity (Wildman–Crippen MR) is 150 cm³/mol. The molecule has 2 aromatic rings. The third kappa shape index (κ3) is 6.21. The molecule has 3 amide bonds. The molecule has 39 heavy (non-hydrogen) atoms. The van der Waals surface area contributed by atoms with Crippen LogP contribution in [0.3, 0.4) is 0 Å². The standard InChI is InChI=1S/C30H38N4O5/c1-21(8-6-12-27(36)34(16-17-35)20-22-9-4-3-5-10-22)30(39)25-18-24(13-14-26(25)33(2)29(30)38)32-28(37)23-11-7-15-31-19-23/h3-6,8-10,13-14,18,21,23,31,35,39H,7,11-12,15-17,19-20H2,1-2H3,(H,32,37)/b8-6+/t21-,23?,30+/m0/s1. The van der Waals surface area contributed by atoms with Crippen LogP contribution in [0.15, 0.2) is 60.7 Å². The van der Waals surface area contributed by atoms with Gasteiger partial charge in [0.15, 0.2) is 5.60 Å². The van der Waals surface area contributed by atoms with Crippen molar-refractivity contribution in [3.63, 3.8) is 0 Å². The molecule has 0 bridgehead atoms. The Labute approximate surface area is 229 Å². The Kier molecular flexibility index (Phi) is 9.16. The average Bonchev–Trinajstić information content (AvgIpc) is 3.15. The Morgan fingerprint density at radius 2 is 2.03 bits per heavy atom. The van der Waals surface area contributed by atoms with Crippen LogP contribution in [0, 0.1) is 11.8 Å². The Hall–Kier alpha value is -3.53. The number of carbonyl (C=O) groups excluding carboxylic acids is 3. The topological polar surface area (TPSA) is 122 Å². The van der Waals surface area contributed by atoms with Gasteiger partial charge in [0, 0.05) is 50.3 Å². The predicted octanol–water partition coefficient (Wildman–Crippen LogP) is 2.39. The summed E-state index contributed by atoms with van der Waals surface area (Å²) in [6.07, 6.45) is 5.16. The summed E-state index contributed by atoms with van der Waals surface area (Å²) >= 11 is 0. The lowest BCUT2D eigenvalue weighted by atomic mass is 9.82. The van der Waals surface area contributed by atoms with Gasteiger partial charge in [-0.25, -0.2) is 0 Å². The van der Waals surface area contributed by atoms with E-state index >= 15 is 0 Å². The number of hydrogen-bond donors (Lipinski definition) is 4. The molecule has 0 saturated carbocycles. The number of carbonyl (C=O) groups is 3. The molecule has 0 radical (unpaired) electrons. The van der Waals surface area contributed by atoms with Crippen LogP contribution in [-0.2, 0) is 26.5 Å². The summed E-state index contributed by atoms with van der Waals surface area (Å²) in [4.78, 5) is 41.9. The number of rotatable bonds is 10. The molecular weight excluding hydrogens is 496 g/mol. The molecule has 0 spiro atoms. The molecule has 2 aliphatic rings. The summed E-state index contributed by atoms with van der Waals surface area (Å²) in [6, 6.07) is 14.7. The minimum absolute atomic E-state index is 0.0651. The third-order valence-electron chi connectivity index (χ3n) is 7.65. The number of aliphatic hydroxyl groups is 2. The molecule has 9 nitrogen and oxygen atoms in total. The van der Waals surface area contributed by atoms with Gasteiger partial charge in [0.2, 0.25) is 11.8 Å². The molecule has 4 rings (SSSR count). The van der Waals surface area contributed by atoms with Gasteiger partial charge in [0.05, 0.1) is 18.2 Å². The fourth-order valence-electron chi connectivity index (χ4n) is 5.31. The SMILES string of the molecule is C[C@@H](/C=C/CC(=O)N(CCO)Cc1ccccc1)[C@]1(O)C(=O)N(C)c2ccc(NC(=O)C3CCCNC3)cc21. The first-order valence-electron chi connectivity index (χ1n) is 13.5. The van der Waals surface area contributed by atoms with E-state index in [9.17, 15) is 24.6 Å². The molecule has 0 aromatic heterocycles. The highest BCUT2D eigenvalue weighted by atomic mass is 16.3. The molecule has 9 heteroatoms. The molecule has 1 unspecified atom stereocenters. The number of aliphatic hydroxyl groups excluding tert-OH is 1. The highest BCUT2D eigenvalue weighted by Crippen LogP contribution is 2.45. The monoisotopic (exact) mass is 534 g/mol. The number of benzene rings is 2. The Bertz CT molecular complexity index is 1210. The quantitative estimate of drug-likeness (QED) is 0.347. The van der Waals surface area contributed by atoms with E-state index in [0.29, 0.717) is 30.0 Å².